The standard InChI is InChI=1S/C20H32N5O13P3S2/c1-12(43-42-5)35-14-9-16(25-10-13(7-6-8-21)17-18(25)23-20(22)24-19(17)26)36-15(14)11-34-40(29,32-3)38-41(30,33-4)37-39(27,28)31-2/h10,12,14-16H,8-9,11,21H2,1-5H3,(H,27,28)(H3,22,23,24,26)/t12-,14?,15+,16+,40?,41?/m0/s1. The van der Waals surface area contributed by atoms with Gasteiger partial charge in [0, 0.05) is 33.9 Å². The van der Waals surface area contributed by atoms with Gasteiger partial charge in [-0.1, -0.05) is 33.4 Å². The van der Waals surface area contributed by atoms with E-state index in [0.29, 0.717) is 5.56 Å². The number of H-pyrrole nitrogens is 1. The summed E-state index contributed by atoms with van der Waals surface area (Å²) in [4.78, 5) is 29.0. The average Bonchev–Trinajstić information content (AvgIpc) is 3.51. The molecule has 0 bridgehead atoms. The van der Waals surface area contributed by atoms with Crippen molar-refractivity contribution in [3.05, 3.63) is 22.1 Å². The number of ether oxygens (including phenoxy) is 2. The first-order valence-electron chi connectivity index (χ1n) is 12.1. The number of phosphoric acid groups is 3. The molecule has 23 heteroatoms. The van der Waals surface area contributed by atoms with Gasteiger partial charge in [0.05, 0.1) is 30.2 Å². The van der Waals surface area contributed by atoms with Gasteiger partial charge in [-0.3, -0.25) is 27.9 Å². The Morgan fingerprint density at radius 3 is 2.53 bits per heavy atom. The van der Waals surface area contributed by atoms with E-state index in [-0.39, 0.29) is 35.4 Å². The Balaban J connectivity index is 1.92. The number of nitrogens with one attached hydrogen (secondary N) is 1. The van der Waals surface area contributed by atoms with Crippen LogP contribution < -0.4 is 17.0 Å². The van der Waals surface area contributed by atoms with E-state index >= 15 is 0 Å². The summed E-state index contributed by atoms with van der Waals surface area (Å²) in [6.07, 6.45) is 1.22. The molecule has 43 heavy (non-hydrogen) atoms. The van der Waals surface area contributed by atoms with Gasteiger partial charge in [0.15, 0.2) is 5.65 Å². The molecule has 0 amide bonds. The molecule has 242 valence electrons. The molecule has 4 unspecified atom stereocenters. The molecule has 1 saturated heterocycles. The molecule has 2 aromatic rings. The Hall–Kier alpha value is -1.23. The minimum absolute atomic E-state index is 0.0528. The molecule has 3 heterocycles. The van der Waals surface area contributed by atoms with Crippen molar-refractivity contribution in [3.63, 3.8) is 0 Å². The smallest absolute Gasteiger partial charge is 0.369 e. The van der Waals surface area contributed by atoms with Gasteiger partial charge < -0.3 is 30.4 Å². The van der Waals surface area contributed by atoms with Crippen molar-refractivity contribution in [3.8, 4) is 11.8 Å². The molecule has 18 nitrogen and oxygen atoms in total. The van der Waals surface area contributed by atoms with Crippen molar-refractivity contribution in [2.75, 3.05) is 46.5 Å². The third-order valence-corrected chi connectivity index (χ3v) is 12.6. The third kappa shape index (κ3) is 9.39. The minimum atomic E-state index is -5.00. The molecule has 6 N–H and O–H groups in total. The number of nitrogens with zero attached hydrogens (tertiary/aromatic N) is 2. The molecule has 1 aliphatic heterocycles. The SMILES string of the molecule is COP(=O)(O)OP(=O)(OC)OP(=O)(OC)OC[C@H]1O[C@@H](n2cc(C#CCN)c3c(=O)[nH]c(N)nc32)CC1O[C@H](C)SSC. The van der Waals surface area contributed by atoms with Crippen LogP contribution in [0.4, 0.5) is 5.95 Å². The maximum absolute atomic E-state index is 13.2. The Bertz CT molecular complexity index is 1550. The van der Waals surface area contributed by atoms with E-state index in [1.165, 1.54) is 21.6 Å². The first kappa shape index (κ1) is 36.2. The number of hydrogen-bond acceptors (Lipinski definition) is 17. The van der Waals surface area contributed by atoms with E-state index < -0.39 is 54.1 Å². The van der Waals surface area contributed by atoms with Crippen molar-refractivity contribution >= 4 is 62.0 Å². The Morgan fingerprint density at radius 1 is 1.23 bits per heavy atom. The van der Waals surface area contributed by atoms with E-state index in [1.54, 1.807) is 10.8 Å². The molecule has 0 spiro atoms. The fraction of sp³-hybridized carbons (Fsp3) is 0.600. The number of nitrogen functional groups attached to an aromatic ring is 1. The summed E-state index contributed by atoms with van der Waals surface area (Å²) in [6, 6.07) is 0. The summed E-state index contributed by atoms with van der Waals surface area (Å²) in [5.41, 5.74) is 11.0. The second-order valence-electron chi connectivity index (χ2n) is 8.35. The van der Waals surface area contributed by atoms with Crippen LogP contribution in [-0.4, -0.2) is 77.8 Å². The zero-order valence-corrected chi connectivity index (χ0v) is 27.9. The van der Waals surface area contributed by atoms with Crippen LogP contribution >= 0.6 is 45.1 Å². The van der Waals surface area contributed by atoms with Gasteiger partial charge in [0.2, 0.25) is 5.95 Å². The summed E-state index contributed by atoms with van der Waals surface area (Å²) < 4.78 is 79.8. The van der Waals surface area contributed by atoms with Crippen molar-refractivity contribution < 1.29 is 54.8 Å². The zero-order chi connectivity index (χ0) is 32.0. The molecule has 1 aliphatic rings. The number of hydrogen-bond donors (Lipinski definition) is 4. The third-order valence-electron chi connectivity index (χ3n) is 5.59. The van der Waals surface area contributed by atoms with Crippen LogP contribution in [-0.2, 0) is 49.9 Å². The highest BCUT2D eigenvalue weighted by Crippen LogP contribution is 2.71. The average molecular weight is 708 g/mol. The molecule has 0 radical (unpaired) electrons. The maximum atomic E-state index is 13.2. The van der Waals surface area contributed by atoms with Crippen molar-refractivity contribution in [1.29, 1.82) is 0 Å². The van der Waals surface area contributed by atoms with E-state index in [1.807, 2.05) is 13.2 Å². The van der Waals surface area contributed by atoms with Crippen molar-refractivity contribution in [1.82, 2.24) is 14.5 Å². The monoisotopic (exact) mass is 707 g/mol. The van der Waals surface area contributed by atoms with Crippen LogP contribution in [0, 0.1) is 11.8 Å². The highest BCUT2D eigenvalue weighted by atomic mass is 33.1. The number of nitrogens with two attached hydrogens (primary N) is 2. The molecule has 2 aromatic heterocycles. The lowest BCUT2D eigenvalue weighted by atomic mass is 10.2. The molecule has 0 aliphatic carbocycles. The second-order valence-corrected chi connectivity index (χ2v) is 16.5. The van der Waals surface area contributed by atoms with Gasteiger partial charge >= 0.3 is 23.5 Å². The Kier molecular flexibility index (Phi) is 13.0. The first-order valence-corrected chi connectivity index (χ1v) is 19.1. The molecule has 0 aromatic carbocycles. The highest BCUT2D eigenvalue weighted by molar-refractivity contribution is 8.76. The quantitative estimate of drug-likeness (QED) is 0.0899. The number of aromatic amines is 1. The highest BCUT2D eigenvalue weighted by Gasteiger charge is 2.46. The fourth-order valence-electron chi connectivity index (χ4n) is 3.84. The number of aromatic nitrogens is 3. The van der Waals surface area contributed by atoms with E-state index in [2.05, 4.69) is 35.2 Å². The maximum Gasteiger partial charge on any atom is 0.492 e. The topological polar surface area (TPSA) is 248 Å². The number of rotatable bonds is 15. The molecular formula is C20H32N5O13P3S2. The predicted octanol–water partition coefficient (Wildman–Crippen LogP) is 2.95. The lowest BCUT2D eigenvalue weighted by molar-refractivity contribution is -0.0622. The van der Waals surface area contributed by atoms with Crippen LogP contribution in [0.1, 0.15) is 25.1 Å². The van der Waals surface area contributed by atoms with Gasteiger partial charge in [-0.15, -0.1) is 0 Å². The van der Waals surface area contributed by atoms with Crippen LogP contribution in [0.2, 0.25) is 0 Å². The van der Waals surface area contributed by atoms with Gasteiger partial charge in [-0.05, 0) is 13.2 Å². The summed E-state index contributed by atoms with van der Waals surface area (Å²) in [7, 11) is -9.23. The van der Waals surface area contributed by atoms with E-state index in [0.717, 1.165) is 21.3 Å². The summed E-state index contributed by atoms with van der Waals surface area (Å²) in [5.74, 6) is 5.42. The fourth-order valence-corrected chi connectivity index (χ4v) is 9.32. The molecule has 3 rings (SSSR count). The lowest BCUT2D eigenvalue weighted by Gasteiger charge is -2.25. The normalized spacial score (nSPS) is 23.7. The van der Waals surface area contributed by atoms with E-state index in [9.17, 15) is 23.4 Å². The number of anilines is 1. The van der Waals surface area contributed by atoms with Crippen LogP contribution in [0.15, 0.2) is 11.0 Å². The van der Waals surface area contributed by atoms with Gasteiger partial charge in [-0.2, -0.15) is 13.6 Å². The molecule has 1 fully saturated rings. The lowest BCUT2D eigenvalue weighted by Crippen LogP contribution is -2.31. The van der Waals surface area contributed by atoms with Gasteiger partial charge in [-0.25, -0.2) is 13.7 Å². The van der Waals surface area contributed by atoms with Gasteiger partial charge in [0.1, 0.15) is 17.8 Å². The van der Waals surface area contributed by atoms with Gasteiger partial charge in [0.25, 0.3) is 5.56 Å². The predicted molar refractivity (Wildman–Crippen MR) is 159 cm³/mol. The summed E-state index contributed by atoms with van der Waals surface area (Å²) in [6.45, 7) is 1.36. The Labute approximate surface area is 254 Å². The Morgan fingerprint density at radius 2 is 1.93 bits per heavy atom. The zero-order valence-electron chi connectivity index (χ0n) is 23.6. The summed E-state index contributed by atoms with van der Waals surface area (Å²) >= 11 is 0. The second kappa shape index (κ2) is 15.4. The number of fused-ring (bicyclic) bond motifs is 1. The molecular weight excluding hydrogens is 675 g/mol. The minimum Gasteiger partial charge on any atom is -0.369 e. The largest absolute Gasteiger partial charge is 0.492 e. The van der Waals surface area contributed by atoms with Crippen molar-refractivity contribution in [2.45, 2.75) is 37.2 Å². The molecule has 0 saturated carbocycles. The van der Waals surface area contributed by atoms with Crippen LogP contribution in [0.25, 0.3) is 11.0 Å². The first-order chi connectivity index (χ1) is 20.2. The number of phosphoric ester groups is 2. The van der Waals surface area contributed by atoms with Crippen LogP contribution in [0.3, 0.4) is 0 Å². The molecule has 7 atom stereocenters. The van der Waals surface area contributed by atoms with E-state index in [4.69, 9.17) is 34.3 Å². The van der Waals surface area contributed by atoms with Crippen molar-refractivity contribution in [2.24, 2.45) is 5.73 Å². The summed E-state index contributed by atoms with van der Waals surface area (Å²) in [5, 5.41) is 0.173. The van der Waals surface area contributed by atoms with Crippen LogP contribution in [0.5, 0.6) is 0 Å².